The fraction of sp³-hybridized carbons (Fsp3) is 0.333. The van der Waals surface area contributed by atoms with Crippen LogP contribution in [0.15, 0.2) is 103 Å². The van der Waals surface area contributed by atoms with E-state index in [1.165, 1.54) is 11.1 Å². The summed E-state index contributed by atoms with van der Waals surface area (Å²) in [4.78, 5) is 30.2. The Labute approximate surface area is 231 Å². The Kier molecular flexibility index (Phi) is 9.55. The molecule has 6 heteroatoms. The molecule has 3 aromatic rings. The average Bonchev–Trinajstić information content (AvgIpc) is 2.92. The maximum atomic E-state index is 13.4. The Morgan fingerprint density at radius 1 is 0.897 bits per heavy atom. The number of amides is 1. The number of esters is 1. The van der Waals surface area contributed by atoms with Crippen LogP contribution in [0, 0.1) is 0 Å². The molecule has 2 atom stereocenters. The van der Waals surface area contributed by atoms with Crippen molar-refractivity contribution in [2.24, 2.45) is 0 Å². The molecule has 1 aliphatic heterocycles. The first-order valence-electron chi connectivity index (χ1n) is 13.5. The second-order valence-corrected chi connectivity index (χ2v) is 10.8. The summed E-state index contributed by atoms with van der Waals surface area (Å²) in [5, 5.41) is 0. The number of carbonyl (C=O) groups is 2. The minimum atomic E-state index is -0.772. The maximum Gasteiger partial charge on any atom is 0.411 e. The third-order valence-electron chi connectivity index (χ3n) is 6.50. The second kappa shape index (κ2) is 13.3. The number of benzene rings is 3. The van der Waals surface area contributed by atoms with Gasteiger partial charge in [-0.05, 0) is 43.9 Å². The van der Waals surface area contributed by atoms with Gasteiger partial charge >= 0.3 is 12.1 Å². The van der Waals surface area contributed by atoms with E-state index in [2.05, 4.69) is 59.5 Å². The van der Waals surface area contributed by atoms with Gasteiger partial charge in [-0.2, -0.15) is 0 Å². The van der Waals surface area contributed by atoms with Crippen molar-refractivity contribution in [2.75, 3.05) is 13.2 Å². The van der Waals surface area contributed by atoms with Gasteiger partial charge in [0, 0.05) is 19.6 Å². The lowest BCUT2D eigenvalue weighted by Gasteiger charge is -2.41. The molecule has 1 fully saturated rings. The molecule has 0 N–H and O–H groups in total. The predicted octanol–water partition coefficient (Wildman–Crippen LogP) is 6.54. The first-order valence-corrected chi connectivity index (χ1v) is 13.5. The summed E-state index contributed by atoms with van der Waals surface area (Å²) in [7, 11) is 0. The largest absolute Gasteiger partial charge is 0.462 e. The molecular formula is C33H38N2O4. The number of cyclic esters (lactones) is 1. The topological polar surface area (TPSA) is 59.1 Å². The normalized spacial score (nSPS) is 17.8. The SMILES string of the molecule is CC(C)(C)OC(=O)N1[C@@H](c2ccccc2)COC(=O)[C@@H]1C/[13CH]=C/CN(Cc1ccccc1)Cc1ccccc1. The highest BCUT2D eigenvalue weighted by atomic mass is 16.6. The van der Waals surface area contributed by atoms with Gasteiger partial charge in [-0.3, -0.25) is 9.80 Å². The number of morpholine rings is 1. The van der Waals surface area contributed by atoms with Crippen molar-refractivity contribution >= 4 is 12.1 Å². The molecular weight excluding hydrogens is 489 g/mol. The zero-order valence-electron chi connectivity index (χ0n) is 23.0. The molecule has 0 bridgehead atoms. The fourth-order valence-electron chi connectivity index (χ4n) is 4.70. The summed E-state index contributed by atoms with van der Waals surface area (Å²) in [5.74, 6) is -0.414. The maximum absolute atomic E-state index is 13.4. The molecule has 4 rings (SSSR count). The van der Waals surface area contributed by atoms with Gasteiger partial charge in [0.2, 0.25) is 0 Å². The van der Waals surface area contributed by atoms with Crippen LogP contribution in [-0.4, -0.2) is 46.7 Å². The van der Waals surface area contributed by atoms with E-state index in [4.69, 9.17) is 9.47 Å². The van der Waals surface area contributed by atoms with Gasteiger partial charge in [0.15, 0.2) is 0 Å². The molecule has 1 aliphatic rings. The van der Waals surface area contributed by atoms with E-state index in [1.807, 2.05) is 69.3 Å². The van der Waals surface area contributed by atoms with Crippen molar-refractivity contribution in [3.8, 4) is 0 Å². The molecule has 0 radical (unpaired) electrons. The van der Waals surface area contributed by atoms with Crippen molar-refractivity contribution < 1.29 is 19.1 Å². The van der Waals surface area contributed by atoms with E-state index in [1.54, 1.807) is 4.90 Å². The van der Waals surface area contributed by atoms with Gasteiger partial charge < -0.3 is 9.47 Å². The van der Waals surface area contributed by atoms with E-state index in [9.17, 15) is 9.59 Å². The van der Waals surface area contributed by atoms with Gasteiger partial charge in [0.1, 0.15) is 18.2 Å². The minimum Gasteiger partial charge on any atom is -0.462 e. The minimum absolute atomic E-state index is 0.101. The van der Waals surface area contributed by atoms with Crippen molar-refractivity contribution in [3.05, 3.63) is 120 Å². The lowest BCUT2D eigenvalue weighted by atomic mass is 10.0. The van der Waals surface area contributed by atoms with E-state index in [0.717, 1.165) is 18.7 Å². The Morgan fingerprint density at radius 2 is 1.44 bits per heavy atom. The molecule has 0 saturated carbocycles. The highest BCUT2D eigenvalue weighted by Gasteiger charge is 2.43. The lowest BCUT2D eigenvalue weighted by molar-refractivity contribution is -0.161. The molecule has 6 nitrogen and oxygen atoms in total. The Balaban J connectivity index is 1.50. The number of hydrogen-bond acceptors (Lipinski definition) is 5. The quantitative estimate of drug-likeness (QED) is 0.180. The number of carbonyl (C=O) groups excluding carboxylic acids is 2. The van der Waals surface area contributed by atoms with Gasteiger partial charge in [0.05, 0.1) is 6.04 Å². The van der Waals surface area contributed by atoms with E-state index in [-0.39, 0.29) is 6.61 Å². The zero-order chi connectivity index (χ0) is 27.7. The Hall–Kier alpha value is -3.90. The zero-order valence-corrected chi connectivity index (χ0v) is 23.0. The fourth-order valence-corrected chi connectivity index (χ4v) is 4.70. The van der Waals surface area contributed by atoms with Crippen LogP contribution in [0.1, 0.15) is 49.9 Å². The monoisotopic (exact) mass is 527 g/mol. The Morgan fingerprint density at radius 3 is 1.97 bits per heavy atom. The molecule has 0 aliphatic carbocycles. The highest BCUT2D eigenvalue weighted by Crippen LogP contribution is 2.31. The Bertz CT molecular complexity index is 1180. The first-order chi connectivity index (χ1) is 18.8. The van der Waals surface area contributed by atoms with Crippen LogP contribution in [-0.2, 0) is 27.4 Å². The van der Waals surface area contributed by atoms with Crippen LogP contribution in [0.2, 0.25) is 0 Å². The van der Waals surface area contributed by atoms with Crippen molar-refractivity contribution in [1.29, 1.82) is 0 Å². The third-order valence-corrected chi connectivity index (χ3v) is 6.50. The van der Waals surface area contributed by atoms with Crippen LogP contribution in [0.5, 0.6) is 0 Å². The summed E-state index contributed by atoms with van der Waals surface area (Å²) in [6.45, 7) is 7.87. The predicted molar refractivity (Wildman–Crippen MR) is 153 cm³/mol. The lowest BCUT2D eigenvalue weighted by Crippen LogP contribution is -2.54. The third kappa shape index (κ3) is 8.29. The standard InChI is InChI=1S/C33H38N2O4/c1-33(2,3)39-32(37)35-29(31(36)38-25-30(35)28-19-11-6-12-20-28)21-13-14-22-34(23-26-15-7-4-8-16-26)24-27-17-9-5-10-18-27/h4-20,29-30H,21-25H2,1-3H3/b14-13+/t29-,30+/m0/s1/i13+1. The smallest absolute Gasteiger partial charge is 0.411 e. The summed E-state index contributed by atoms with van der Waals surface area (Å²) in [5.41, 5.74) is 2.69. The average molecular weight is 528 g/mol. The molecule has 1 saturated heterocycles. The number of ether oxygens (including phenoxy) is 2. The molecule has 0 aromatic heterocycles. The van der Waals surface area contributed by atoms with Gasteiger partial charge in [0.25, 0.3) is 0 Å². The summed E-state index contributed by atoms with van der Waals surface area (Å²) < 4.78 is 11.3. The molecule has 1 amide bonds. The van der Waals surface area contributed by atoms with Crippen LogP contribution < -0.4 is 0 Å². The second-order valence-electron chi connectivity index (χ2n) is 10.8. The van der Waals surface area contributed by atoms with E-state index >= 15 is 0 Å². The van der Waals surface area contributed by atoms with Crippen LogP contribution in [0.3, 0.4) is 0 Å². The van der Waals surface area contributed by atoms with Gasteiger partial charge in [-0.1, -0.05) is 103 Å². The first kappa shape index (κ1) is 28.1. The summed E-state index contributed by atoms with van der Waals surface area (Å²) >= 11 is 0. The van der Waals surface area contributed by atoms with Crippen LogP contribution in [0.4, 0.5) is 4.79 Å². The molecule has 1 heterocycles. The van der Waals surface area contributed by atoms with E-state index < -0.39 is 29.7 Å². The van der Waals surface area contributed by atoms with Crippen LogP contribution in [0.25, 0.3) is 0 Å². The number of rotatable bonds is 9. The molecule has 0 unspecified atom stereocenters. The highest BCUT2D eigenvalue weighted by molar-refractivity contribution is 5.83. The summed E-state index contributed by atoms with van der Waals surface area (Å²) in [6, 6.07) is 29.2. The van der Waals surface area contributed by atoms with Crippen LogP contribution >= 0.6 is 0 Å². The number of nitrogens with zero attached hydrogens (tertiary/aromatic N) is 2. The molecule has 204 valence electrons. The number of hydrogen-bond donors (Lipinski definition) is 0. The molecule has 3 aromatic carbocycles. The van der Waals surface area contributed by atoms with Gasteiger partial charge in [-0.15, -0.1) is 0 Å². The molecule has 39 heavy (non-hydrogen) atoms. The molecule has 0 spiro atoms. The summed E-state index contributed by atoms with van der Waals surface area (Å²) in [6.07, 6.45) is 3.87. The van der Waals surface area contributed by atoms with E-state index in [0.29, 0.717) is 13.0 Å². The van der Waals surface area contributed by atoms with Crippen molar-refractivity contribution in [2.45, 2.75) is 58.0 Å². The van der Waals surface area contributed by atoms with Crippen molar-refractivity contribution in [1.82, 2.24) is 9.80 Å². The van der Waals surface area contributed by atoms with Gasteiger partial charge in [-0.25, -0.2) is 9.59 Å². The van der Waals surface area contributed by atoms with Crippen molar-refractivity contribution in [3.63, 3.8) is 0 Å².